The lowest BCUT2D eigenvalue weighted by atomic mass is 10.2. The van der Waals surface area contributed by atoms with Crippen LogP contribution in [-0.4, -0.2) is 40.4 Å². The minimum atomic E-state index is -0.166. The summed E-state index contributed by atoms with van der Waals surface area (Å²) in [6.07, 6.45) is 0. The Kier molecular flexibility index (Phi) is 5.94. The molecule has 0 saturated carbocycles. The fourth-order valence-electron chi connectivity index (χ4n) is 2.74. The Morgan fingerprint density at radius 1 is 1.33 bits per heavy atom. The van der Waals surface area contributed by atoms with Gasteiger partial charge in [0.25, 0.3) is 5.56 Å². The largest absolute Gasteiger partial charge is 0.353 e. The Morgan fingerprint density at radius 3 is 2.70 bits per heavy atom. The molecule has 2 heterocycles. The molecule has 3 aromatic rings. The summed E-state index contributed by atoms with van der Waals surface area (Å²) in [5.74, 6) is 0.476. The van der Waals surface area contributed by atoms with Crippen molar-refractivity contribution < 1.29 is 4.79 Å². The number of thiophene rings is 1. The molecule has 0 radical (unpaired) electrons. The molecular weight excluding hydrogens is 384 g/mol. The predicted octanol–water partition coefficient (Wildman–Crippen LogP) is 3.26. The van der Waals surface area contributed by atoms with E-state index >= 15 is 0 Å². The van der Waals surface area contributed by atoms with Crippen molar-refractivity contribution in [2.45, 2.75) is 26.4 Å². The number of amides is 1. The molecule has 0 unspecified atom stereocenters. The highest BCUT2D eigenvalue weighted by molar-refractivity contribution is 7.22. The molecule has 0 saturated heterocycles. The number of hydrogen-bond acceptors (Lipinski definition) is 5. The maximum atomic E-state index is 12.4. The van der Waals surface area contributed by atoms with Gasteiger partial charge >= 0.3 is 0 Å². The third kappa shape index (κ3) is 4.94. The number of nitrogens with zero attached hydrogens (tertiary/aromatic N) is 2. The van der Waals surface area contributed by atoms with E-state index in [0.29, 0.717) is 27.6 Å². The average Bonchev–Trinajstić information content (AvgIpc) is 2.99. The zero-order valence-corrected chi connectivity index (χ0v) is 16.9. The first-order valence-electron chi connectivity index (χ1n) is 8.58. The maximum Gasteiger partial charge on any atom is 0.268 e. The molecule has 1 aromatic carbocycles. The number of benzene rings is 1. The van der Waals surface area contributed by atoms with E-state index in [1.165, 1.54) is 11.3 Å². The number of likely N-dealkylation sites (N-methyl/N-ethyl adjacent to an activating group) is 1. The molecule has 0 fully saturated rings. The van der Waals surface area contributed by atoms with Crippen LogP contribution in [0.3, 0.4) is 0 Å². The van der Waals surface area contributed by atoms with Gasteiger partial charge in [0.1, 0.15) is 10.5 Å². The van der Waals surface area contributed by atoms with Gasteiger partial charge in [0.2, 0.25) is 5.91 Å². The molecular formula is C19H21ClN4O2S. The first-order chi connectivity index (χ1) is 12.8. The van der Waals surface area contributed by atoms with Crippen LogP contribution >= 0.6 is 22.9 Å². The lowest BCUT2D eigenvalue weighted by molar-refractivity contribution is -0.122. The van der Waals surface area contributed by atoms with Gasteiger partial charge in [0.15, 0.2) is 0 Å². The van der Waals surface area contributed by atoms with Crippen molar-refractivity contribution in [3.63, 3.8) is 0 Å². The van der Waals surface area contributed by atoms with Crippen LogP contribution < -0.4 is 10.9 Å². The van der Waals surface area contributed by atoms with Crippen molar-refractivity contribution in [1.82, 2.24) is 20.2 Å². The number of fused-ring (bicyclic) bond motifs is 1. The van der Waals surface area contributed by atoms with E-state index in [-0.39, 0.29) is 24.1 Å². The second-order valence-electron chi connectivity index (χ2n) is 6.74. The van der Waals surface area contributed by atoms with Crippen molar-refractivity contribution in [2.75, 3.05) is 13.6 Å². The number of hydrogen-bond donors (Lipinski definition) is 2. The van der Waals surface area contributed by atoms with Crippen molar-refractivity contribution in [3.05, 3.63) is 51.5 Å². The minimum Gasteiger partial charge on any atom is -0.353 e. The normalized spacial score (nSPS) is 11.5. The quantitative estimate of drug-likeness (QED) is 0.661. The Bertz CT molecular complexity index is 1010. The van der Waals surface area contributed by atoms with E-state index < -0.39 is 0 Å². The molecule has 6 nitrogen and oxygen atoms in total. The summed E-state index contributed by atoms with van der Waals surface area (Å²) in [5, 5.41) is 3.51. The van der Waals surface area contributed by atoms with E-state index in [9.17, 15) is 9.59 Å². The van der Waals surface area contributed by atoms with E-state index in [1.54, 1.807) is 0 Å². The zero-order valence-electron chi connectivity index (χ0n) is 15.4. The SMILES string of the molecule is CC(C)NC(=O)CN(C)Cc1nc2cc(-c3ccc(Cl)cc3)sc2c(=O)[nH]1. The van der Waals surface area contributed by atoms with Crippen molar-refractivity contribution in [2.24, 2.45) is 0 Å². The van der Waals surface area contributed by atoms with Crippen molar-refractivity contribution in [3.8, 4) is 10.4 Å². The first-order valence-corrected chi connectivity index (χ1v) is 9.78. The molecule has 3 rings (SSSR count). The predicted molar refractivity (Wildman–Crippen MR) is 110 cm³/mol. The van der Waals surface area contributed by atoms with Crippen LogP contribution in [0.15, 0.2) is 35.1 Å². The van der Waals surface area contributed by atoms with Crippen LogP contribution in [-0.2, 0) is 11.3 Å². The van der Waals surface area contributed by atoms with Gasteiger partial charge < -0.3 is 10.3 Å². The van der Waals surface area contributed by atoms with Gasteiger partial charge in [-0.2, -0.15) is 0 Å². The summed E-state index contributed by atoms with van der Waals surface area (Å²) in [6, 6.07) is 9.49. The zero-order chi connectivity index (χ0) is 19.6. The standard InChI is InChI=1S/C19H21ClN4O2S/c1-11(2)21-17(25)10-24(3)9-16-22-14-8-15(27-18(14)19(26)23-16)12-4-6-13(20)7-5-12/h4-8,11H,9-10H2,1-3H3,(H,21,25)(H,22,23,26). The number of carbonyl (C=O) groups is 1. The van der Waals surface area contributed by atoms with Gasteiger partial charge in [0.05, 0.1) is 18.6 Å². The number of H-pyrrole nitrogens is 1. The number of aromatic nitrogens is 2. The molecule has 0 spiro atoms. The van der Waals surface area contributed by atoms with E-state index in [1.807, 2.05) is 56.1 Å². The Labute approximate surface area is 166 Å². The van der Waals surface area contributed by atoms with Gasteiger partial charge in [0, 0.05) is 15.9 Å². The Hall–Kier alpha value is -2.22. The van der Waals surface area contributed by atoms with Crippen LogP contribution in [0.4, 0.5) is 0 Å². The van der Waals surface area contributed by atoms with Gasteiger partial charge in [-0.3, -0.25) is 14.5 Å². The van der Waals surface area contributed by atoms with Gasteiger partial charge in [-0.05, 0) is 44.7 Å². The second kappa shape index (κ2) is 8.21. The van der Waals surface area contributed by atoms with Crippen LogP contribution in [0.5, 0.6) is 0 Å². The summed E-state index contributed by atoms with van der Waals surface area (Å²) in [6.45, 7) is 4.45. The maximum absolute atomic E-state index is 12.4. The summed E-state index contributed by atoms with van der Waals surface area (Å²) in [5.41, 5.74) is 1.48. The molecule has 0 aliphatic rings. The molecule has 1 amide bonds. The summed E-state index contributed by atoms with van der Waals surface area (Å²) in [4.78, 5) is 34.5. The lowest BCUT2D eigenvalue weighted by Gasteiger charge is -2.16. The van der Waals surface area contributed by atoms with Gasteiger partial charge in [-0.15, -0.1) is 11.3 Å². The average molecular weight is 405 g/mol. The smallest absolute Gasteiger partial charge is 0.268 e. The van der Waals surface area contributed by atoms with Crippen LogP contribution in [0.25, 0.3) is 20.7 Å². The van der Waals surface area contributed by atoms with E-state index in [2.05, 4.69) is 15.3 Å². The molecule has 0 aliphatic carbocycles. The third-order valence-electron chi connectivity index (χ3n) is 3.84. The van der Waals surface area contributed by atoms with Gasteiger partial charge in [-0.25, -0.2) is 4.98 Å². The highest BCUT2D eigenvalue weighted by Crippen LogP contribution is 2.31. The van der Waals surface area contributed by atoms with Crippen molar-refractivity contribution in [1.29, 1.82) is 0 Å². The molecule has 0 bridgehead atoms. The lowest BCUT2D eigenvalue weighted by Crippen LogP contribution is -2.38. The summed E-state index contributed by atoms with van der Waals surface area (Å²) >= 11 is 7.34. The monoisotopic (exact) mass is 404 g/mol. The second-order valence-corrected chi connectivity index (χ2v) is 8.23. The highest BCUT2D eigenvalue weighted by Gasteiger charge is 2.13. The number of nitrogens with one attached hydrogen (secondary N) is 2. The molecule has 8 heteroatoms. The summed E-state index contributed by atoms with van der Waals surface area (Å²) in [7, 11) is 1.82. The van der Waals surface area contributed by atoms with Crippen LogP contribution in [0.1, 0.15) is 19.7 Å². The topological polar surface area (TPSA) is 78.1 Å². The molecule has 27 heavy (non-hydrogen) atoms. The molecule has 0 atom stereocenters. The van der Waals surface area contributed by atoms with Crippen LogP contribution in [0, 0.1) is 0 Å². The molecule has 0 aliphatic heterocycles. The number of aromatic amines is 1. The highest BCUT2D eigenvalue weighted by atomic mass is 35.5. The fraction of sp³-hybridized carbons (Fsp3) is 0.316. The molecule has 2 N–H and O–H groups in total. The van der Waals surface area contributed by atoms with Crippen molar-refractivity contribution >= 4 is 39.1 Å². The van der Waals surface area contributed by atoms with E-state index in [0.717, 1.165) is 10.4 Å². The number of carbonyl (C=O) groups excluding carboxylic acids is 1. The number of halogens is 1. The van der Waals surface area contributed by atoms with Gasteiger partial charge in [-0.1, -0.05) is 23.7 Å². The minimum absolute atomic E-state index is 0.0588. The fourth-order valence-corrected chi connectivity index (χ4v) is 3.87. The molecule has 142 valence electrons. The molecule has 2 aromatic heterocycles. The third-order valence-corrected chi connectivity index (χ3v) is 5.27. The number of rotatable bonds is 6. The summed E-state index contributed by atoms with van der Waals surface area (Å²) < 4.78 is 0.587. The Balaban J connectivity index is 1.81. The first kappa shape index (κ1) is 19.5. The van der Waals surface area contributed by atoms with Crippen LogP contribution in [0.2, 0.25) is 5.02 Å². The van der Waals surface area contributed by atoms with E-state index in [4.69, 9.17) is 11.6 Å². The Morgan fingerprint density at radius 2 is 2.04 bits per heavy atom.